The van der Waals surface area contributed by atoms with E-state index in [4.69, 9.17) is 13.9 Å². The van der Waals surface area contributed by atoms with E-state index in [1.54, 1.807) is 30.7 Å². The highest BCUT2D eigenvalue weighted by atomic mass is 32.2. The summed E-state index contributed by atoms with van der Waals surface area (Å²) in [5.41, 5.74) is 4.84. The standard InChI is InChI=1S/C33H31FN2O5S/c1-24-32(35-42(2,37)38)10-5-11-33(24)36(21-26-6-3-7-28(34)18-26)20-25-12-14-29(15-13-25)41-31-9-4-8-30(19-31)40-23-27-16-17-39-22-27/h3-19,22,35H,20-21,23H2,1-2H3. The maximum Gasteiger partial charge on any atom is 0.229 e. The van der Waals surface area contributed by atoms with Crippen LogP contribution in [0.15, 0.2) is 114 Å². The van der Waals surface area contributed by atoms with Crippen LogP contribution >= 0.6 is 0 Å². The van der Waals surface area contributed by atoms with Gasteiger partial charge >= 0.3 is 0 Å². The maximum absolute atomic E-state index is 14.0. The fourth-order valence-corrected chi connectivity index (χ4v) is 5.17. The summed E-state index contributed by atoms with van der Waals surface area (Å²) in [7, 11) is -3.46. The molecule has 0 unspecified atom stereocenters. The van der Waals surface area contributed by atoms with Gasteiger partial charge in [-0.2, -0.15) is 0 Å². The zero-order chi connectivity index (χ0) is 29.5. The minimum atomic E-state index is -3.46. The van der Waals surface area contributed by atoms with E-state index in [1.807, 2.05) is 73.7 Å². The van der Waals surface area contributed by atoms with Crippen LogP contribution < -0.4 is 19.1 Å². The first-order valence-electron chi connectivity index (χ1n) is 13.3. The Bertz CT molecular complexity index is 1740. The lowest BCUT2D eigenvalue weighted by atomic mass is 10.1. The van der Waals surface area contributed by atoms with Gasteiger partial charge in [0.1, 0.15) is 29.7 Å². The van der Waals surface area contributed by atoms with Crippen LogP contribution in [0.25, 0.3) is 0 Å². The molecule has 0 bridgehead atoms. The van der Waals surface area contributed by atoms with Crippen molar-refractivity contribution in [3.8, 4) is 17.2 Å². The number of ether oxygens (including phenoxy) is 2. The number of halogens is 1. The predicted molar refractivity (Wildman–Crippen MR) is 162 cm³/mol. The number of furan rings is 1. The molecule has 4 aromatic carbocycles. The smallest absolute Gasteiger partial charge is 0.229 e. The molecule has 0 saturated heterocycles. The van der Waals surface area contributed by atoms with Crippen molar-refractivity contribution in [1.82, 2.24) is 0 Å². The van der Waals surface area contributed by atoms with E-state index in [0.717, 1.165) is 34.2 Å². The Morgan fingerprint density at radius 1 is 0.810 bits per heavy atom. The van der Waals surface area contributed by atoms with E-state index >= 15 is 0 Å². The van der Waals surface area contributed by atoms with Crippen molar-refractivity contribution in [2.24, 2.45) is 0 Å². The minimum Gasteiger partial charge on any atom is -0.489 e. The predicted octanol–water partition coefficient (Wildman–Crippen LogP) is 7.68. The third kappa shape index (κ3) is 7.92. The molecule has 42 heavy (non-hydrogen) atoms. The number of benzene rings is 4. The zero-order valence-corrected chi connectivity index (χ0v) is 24.1. The van der Waals surface area contributed by atoms with Gasteiger partial charge in [-0.3, -0.25) is 4.72 Å². The van der Waals surface area contributed by atoms with Gasteiger partial charge in [0.15, 0.2) is 0 Å². The van der Waals surface area contributed by atoms with E-state index in [9.17, 15) is 12.8 Å². The number of hydrogen-bond donors (Lipinski definition) is 1. The van der Waals surface area contributed by atoms with E-state index in [2.05, 4.69) is 9.62 Å². The van der Waals surface area contributed by atoms with Gasteiger partial charge in [0, 0.05) is 30.4 Å². The van der Waals surface area contributed by atoms with Gasteiger partial charge < -0.3 is 18.8 Å². The Hall–Kier alpha value is -4.76. The average molecular weight is 587 g/mol. The van der Waals surface area contributed by atoms with Crippen molar-refractivity contribution in [1.29, 1.82) is 0 Å². The van der Waals surface area contributed by atoms with Gasteiger partial charge in [-0.05, 0) is 78.2 Å². The van der Waals surface area contributed by atoms with Gasteiger partial charge in [-0.1, -0.05) is 36.4 Å². The van der Waals surface area contributed by atoms with Gasteiger partial charge in [0.2, 0.25) is 10.0 Å². The highest BCUT2D eigenvalue weighted by Gasteiger charge is 2.16. The van der Waals surface area contributed by atoms with Gasteiger partial charge in [-0.25, -0.2) is 12.8 Å². The Balaban J connectivity index is 1.33. The average Bonchev–Trinajstić information content (AvgIpc) is 3.47. The van der Waals surface area contributed by atoms with Crippen LogP contribution in [0.3, 0.4) is 0 Å². The van der Waals surface area contributed by atoms with E-state index in [-0.39, 0.29) is 5.82 Å². The van der Waals surface area contributed by atoms with Crippen molar-refractivity contribution in [3.05, 3.63) is 138 Å². The molecular formula is C33H31FN2O5S. The molecule has 0 aliphatic carbocycles. The fourth-order valence-electron chi connectivity index (χ4n) is 4.55. The molecule has 7 nitrogen and oxygen atoms in total. The van der Waals surface area contributed by atoms with Crippen LogP contribution in [-0.4, -0.2) is 14.7 Å². The topological polar surface area (TPSA) is 81.0 Å². The quantitative estimate of drug-likeness (QED) is 0.162. The van der Waals surface area contributed by atoms with Crippen molar-refractivity contribution >= 4 is 21.4 Å². The molecule has 0 amide bonds. The zero-order valence-electron chi connectivity index (χ0n) is 23.3. The summed E-state index contributed by atoms with van der Waals surface area (Å²) in [6, 6.07) is 28.9. The van der Waals surface area contributed by atoms with E-state index in [1.165, 1.54) is 12.1 Å². The molecule has 5 aromatic rings. The maximum atomic E-state index is 14.0. The third-order valence-corrected chi connectivity index (χ3v) is 7.12. The lowest BCUT2D eigenvalue weighted by molar-refractivity contribution is 0.303. The minimum absolute atomic E-state index is 0.311. The number of sulfonamides is 1. The third-order valence-electron chi connectivity index (χ3n) is 6.53. The summed E-state index contributed by atoms with van der Waals surface area (Å²) in [5.74, 6) is 1.68. The molecule has 216 valence electrons. The van der Waals surface area contributed by atoms with Crippen LogP contribution in [-0.2, 0) is 29.7 Å². The first-order valence-corrected chi connectivity index (χ1v) is 15.2. The summed E-state index contributed by atoms with van der Waals surface area (Å²) in [5, 5.41) is 0. The first kappa shape index (κ1) is 28.8. The van der Waals surface area contributed by atoms with Crippen LogP contribution in [0, 0.1) is 12.7 Å². The number of anilines is 2. The van der Waals surface area contributed by atoms with Gasteiger partial charge in [0.25, 0.3) is 0 Å². The van der Waals surface area contributed by atoms with Crippen LogP contribution in [0.4, 0.5) is 15.8 Å². The lowest BCUT2D eigenvalue weighted by Crippen LogP contribution is -2.23. The molecule has 0 aliphatic heterocycles. The van der Waals surface area contributed by atoms with Crippen LogP contribution in [0.5, 0.6) is 17.2 Å². The lowest BCUT2D eigenvalue weighted by Gasteiger charge is -2.28. The van der Waals surface area contributed by atoms with Gasteiger partial charge in [0.05, 0.1) is 24.5 Å². The summed E-state index contributed by atoms with van der Waals surface area (Å²) in [4.78, 5) is 2.09. The van der Waals surface area contributed by atoms with Crippen molar-refractivity contribution in [3.63, 3.8) is 0 Å². The van der Waals surface area contributed by atoms with Crippen molar-refractivity contribution in [2.45, 2.75) is 26.6 Å². The molecule has 0 fully saturated rings. The second-order valence-corrected chi connectivity index (χ2v) is 11.7. The Morgan fingerprint density at radius 2 is 1.55 bits per heavy atom. The number of rotatable bonds is 12. The number of hydrogen-bond acceptors (Lipinski definition) is 6. The summed E-state index contributed by atoms with van der Waals surface area (Å²) < 4.78 is 57.4. The number of nitrogens with zero attached hydrogens (tertiary/aromatic N) is 1. The SMILES string of the molecule is Cc1c(NS(C)(=O)=O)cccc1N(Cc1ccc(Oc2cccc(OCc3ccoc3)c2)cc1)Cc1cccc(F)c1. The largest absolute Gasteiger partial charge is 0.489 e. The molecule has 0 atom stereocenters. The first-order chi connectivity index (χ1) is 20.2. The normalized spacial score (nSPS) is 11.2. The Labute approximate surface area is 245 Å². The highest BCUT2D eigenvalue weighted by molar-refractivity contribution is 7.92. The molecule has 9 heteroatoms. The Kier molecular flexibility index (Phi) is 8.78. The van der Waals surface area contributed by atoms with Crippen LogP contribution in [0.1, 0.15) is 22.3 Å². The molecule has 0 spiro atoms. The monoisotopic (exact) mass is 586 g/mol. The molecule has 1 N–H and O–H groups in total. The molecule has 0 aliphatic rings. The highest BCUT2D eigenvalue weighted by Crippen LogP contribution is 2.31. The molecule has 0 radical (unpaired) electrons. The summed E-state index contributed by atoms with van der Waals surface area (Å²) in [6.07, 6.45) is 4.38. The van der Waals surface area contributed by atoms with E-state index < -0.39 is 10.0 Å². The molecule has 1 aromatic heterocycles. The van der Waals surface area contributed by atoms with Crippen LogP contribution in [0.2, 0.25) is 0 Å². The van der Waals surface area contributed by atoms with E-state index in [0.29, 0.717) is 42.6 Å². The van der Waals surface area contributed by atoms with Crippen molar-refractivity contribution in [2.75, 3.05) is 15.9 Å². The fraction of sp³-hybridized carbons (Fsp3) is 0.152. The summed E-state index contributed by atoms with van der Waals surface area (Å²) >= 11 is 0. The molecule has 5 rings (SSSR count). The Morgan fingerprint density at radius 3 is 2.29 bits per heavy atom. The second kappa shape index (κ2) is 12.8. The number of nitrogens with one attached hydrogen (secondary N) is 1. The van der Waals surface area contributed by atoms with Crippen molar-refractivity contribution < 1.29 is 26.7 Å². The molecular weight excluding hydrogens is 555 g/mol. The van der Waals surface area contributed by atoms with Gasteiger partial charge in [-0.15, -0.1) is 0 Å². The second-order valence-electron chi connectivity index (χ2n) is 9.95. The summed E-state index contributed by atoms with van der Waals surface area (Å²) in [6.45, 7) is 3.18. The molecule has 1 heterocycles. The molecule has 0 saturated carbocycles.